The number of carbonyl (C=O) groups is 2. The topological polar surface area (TPSA) is 85.7 Å². The van der Waals surface area contributed by atoms with Gasteiger partial charge < -0.3 is 14.8 Å². The van der Waals surface area contributed by atoms with Gasteiger partial charge in [-0.3, -0.25) is 19.2 Å². The molecule has 1 aromatic carbocycles. The normalized spacial score (nSPS) is 13.7. The van der Waals surface area contributed by atoms with E-state index in [0.29, 0.717) is 38.3 Å². The third-order valence-corrected chi connectivity index (χ3v) is 4.81. The number of ether oxygens (including phenoxy) is 2. The zero-order valence-corrected chi connectivity index (χ0v) is 16.5. The number of esters is 1. The molecule has 8 heteroatoms. The molecule has 28 heavy (non-hydrogen) atoms. The number of hydrogen-bond acceptors (Lipinski definition) is 6. The molecule has 0 bridgehead atoms. The number of nitrogens with zero attached hydrogens (tertiary/aromatic N) is 3. The first-order valence-corrected chi connectivity index (χ1v) is 9.34. The molecule has 0 radical (unpaired) electrons. The smallest absolute Gasteiger partial charge is 0.319 e. The Bertz CT molecular complexity index is 862. The number of rotatable bonds is 7. The maximum absolute atomic E-state index is 12.6. The lowest BCUT2D eigenvalue weighted by Crippen LogP contribution is -2.36. The highest BCUT2D eigenvalue weighted by Gasteiger charge is 2.29. The van der Waals surface area contributed by atoms with E-state index in [-0.39, 0.29) is 18.4 Å². The van der Waals surface area contributed by atoms with E-state index in [2.05, 4.69) is 10.4 Å². The van der Waals surface area contributed by atoms with Crippen LogP contribution in [0.5, 0.6) is 5.75 Å². The molecule has 0 aliphatic carbocycles. The Morgan fingerprint density at radius 2 is 2.11 bits per heavy atom. The van der Waals surface area contributed by atoms with Crippen LogP contribution in [-0.2, 0) is 29.0 Å². The van der Waals surface area contributed by atoms with Gasteiger partial charge in [-0.2, -0.15) is 5.10 Å². The van der Waals surface area contributed by atoms with Crippen LogP contribution in [0.25, 0.3) is 0 Å². The van der Waals surface area contributed by atoms with E-state index < -0.39 is 0 Å². The second kappa shape index (κ2) is 8.88. The van der Waals surface area contributed by atoms with Gasteiger partial charge in [-0.15, -0.1) is 0 Å². The fourth-order valence-electron chi connectivity index (χ4n) is 3.43. The minimum atomic E-state index is -0.285. The highest BCUT2D eigenvalue weighted by molar-refractivity contribution is 5.94. The lowest BCUT2D eigenvalue weighted by Gasteiger charge is -2.26. The molecule has 2 heterocycles. The Balaban J connectivity index is 1.91. The van der Waals surface area contributed by atoms with E-state index in [0.717, 1.165) is 22.6 Å². The highest BCUT2D eigenvalue weighted by Crippen LogP contribution is 2.24. The fraction of sp³-hybridized carbons (Fsp3) is 0.450. The second-order valence-electron chi connectivity index (χ2n) is 6.68. The van der Waals surface area contributed by atoms with Gasteiger partial charge in [0.15, 0.2) is 5.69 Å². The molecular formula is C20H26N4O4. The van der Waals surface area contributed by atoms with Gasteiger partial charge in [0.05, 0.1) is 27.3 Å². The first kappa shape index (κ1) is 19.9. The lowest BCUT2D eigenvalue weighted by atomic mass is 10.0. The average molecular weight is 386 g/mol. The molecule has 1 aliphatic rings. The van der Waals surface area contributed by atoms with Crippen molar-refractivity contribution in [2.24, 2.45) is 0 Å². The van der Waals surface area contributed by atoms with Crippen LogP contribution in [0.2, 0.25) is 0 Å². The van der Waals surface area contributed by atoms with E-state index in [1.54, 1.807) is 7.11 Å². The molecule has 1 aromatic heterocycles. The number of fused-ring (bicyclic) bond motifs is 1. The van der Waals surface area contributed by atoms with Gasteiger partial charge in [-0.1, -0.05) is 12.1 Å². The van der Waals surface area contributed by atoms with Crippen molar-refractivity contribution in [2.75, 3.05) is 33.9 Å². The van der Waals surface area contributed by atoms with Crippen LogP contribution in [0.3, 0.4) is 0 Å². The summed E-state index contributed by atoms with van der Waals surface area (Å²) in [5, 5.41) is 7.45. The summed E-state index contributed by atoms with van der Waals surface area (Å²) in [6.07, 6.45) is 0.711. The van der Waals surface area contributed by atoms with Gasteiger partial charge in [0.25, 0.3) is 5.91 Å². The van der Waals surface area contributed by atoms with Crippen LogP contribution in [0.1, 0.15) is 34.2 Å². The van der Waals surface area contributed by atoms with Gasteiger partial charge in [0.2, 0.25) is 0 Å². The van der Waals surface area contributed by atoms with Crippen molar-refractivity contribution in [3.8, 4) is 5.75 Å². The molecule has 2 aromatic rings. The summed E-state index contributed by atoms with van der Waals surface area (Å²) in [5.74, 6) is 0.307. The minimum Gasteiger partial charge on any atom is -0.497 e. The number of methoxy groups -OCH3 is 2. The van der Waals surface area contributed by atoms with Crippen LogP contribution >= 0.6 is 0 Å². The third kappa shape index (κ3) is 4.33. The number of aromatic nitrogens is 2. The molecule has 0 atom stereocenters. The summed E-state index contributed by atoms with van der Waals surface area (Å²) in [7, 11) is 3.02. The largest absolute Gasteiger partial charge is 0.497 e. The first-order chi connectivity index (χ1) is 13.5. The fourth-order valence-corrected chi connectivity index (χ4v) is 3.43. The summed E-state index contributed by atoms with van der Waals surface area (Å²) >= 11 is 0. The van der Waals surface area contributed by atoms with Crippen molar-refractivity contribution in [1.29, 1.82) is 0 Å². The predicted octanol–water partition coefficient (Wildman–Crippen LogP) is 1.22. The lowest BCUT2D eigenvalue weighted by molar-refractivity contribution is -0.142. The zero-order chi connectivity index (χ0) is 20.1. The molecule has 0 saturated heterocycles. The van der Waals surface area contributed by atoms with E-state index in [9.17, 15) is 9.59 Å². The predicted molar refractivity (Wildman–Crippen MR) is 103 cm³/mol. The SMILES string of the molecule is CCNC(=O)c1nn(Cc2cccc(OC)c2)c2c1CN(CC(=O)OC)CC2. The number of hydrogen-bond donors (Lipinski definition) is 1. The van der Waals surface area contributed by atoms with E-state index in [1.807, 2.05) is 40.8 Å². The molecule has 0 saturated carbocycles. The highest BCUT2D eigenvalue weighted by atomic mass is 16.5. The van der Waals surface area contributed by atoms with Crippen LogP contribution in [0.15, 0.2) is 24.3 Å². The second-order valence-corrected chi connectivity index (χ2v) is 6.68. The maximum Gasteiger partial charge on any atom is 0.319 e. The Hall–Kier alpha value is -2.87. The quantitative estimate of drug-likeness (QED) is 0.720. The third-order valence-electron chi connectivity index (χ3n) is 4.81. The molecule has 8 nitrogen and oxygen atoms in total. The minimum absolute atomic E-state index is 0.192. The monoisotopic (exact) mass is 386 g/mol. The molecule has 1 amide bonds. The standard InChI is InChI=1S/C20H26N4O4/c1-4-21-20(26)19-16-12-23(13-18(25)28-3)9-8-17(16)24(22-19)11-14-6-5-7-15(10-14)27-2/h5-7,10H,4,8-9,11-13H2,1-3H3,(H,21,26). The van der Waals surface area contributed by atoms with Gasteiger partial charge in [0.1, 0.15) is 5.75 Å². The Morgan fingerprint density at radius 1 is 1.29 bits per heavy atom. The summed E-state index contributed by atoms with van der Waals surface area (Å²) in [5.41, 5.74) is 3.38. The van der Waals surface area contributed by atoms with Gasteiger partial charge >= 0.3 is 5.97 Å². The number of amides is 1. The summed E-state index contributed by atoms with van der Waals surface area (Å²) in [6.45, 7) is 4.36. The molecule has 0 fully saturated rings. The Labute approximate surface area is 164 Å². The summed E-state index contributed by atoms with van der Waals surface area (Å²) < 4.78 is 12.0. The van der Waals surface area contributed by atoms with E-state index in [1.165, 1.54) is 7.11 Å². The van der Waals surface area contributed by atoms with Crippen molar-refractivity contribution in [1.82, 2.24) is 20.0 Å². The van der Waals surface area contributed by atoms with Gasteiger partial charge in [0, 0.05) is 37.3 Å². The first-order valence-electron chi connectivity index (χ1n) is 9.34. The zero-order valence-electron chi connectivity index (χ0n) is 16.5. The average Bonchev–Trinajstić information content (AvgIpc) is 3.06. The number of carbonyl (C=O) groups excluding carboxylic acids is 2. The van der Waals surface area contributed by atoms with Crippen LogP contribution in [0.4, 0.5) is 0 Å². The van der Waals surface area contributed by atoms with Crippen molar-refractivity contribution in [2.45, 2.75) is 26.4 Å². The van der Waals surface area contributed by atoms with Crippen molar-refractivity contribution < 1.29 is 19.1 Å². The van der Waals surface area contributed by atoms with Crippen molar-refractivity contribution in [3.05, 3.63) is 46.8 Å². The van der Waals surface area contributed by atoms with Crippen molar-refractivity contribution >= 4 is 11.9 Å². The van der Waals surface area contributed by atoms with Crippen LogP contribution in [-0.4, -0.2) is 60.4 Å². The molecular weight excluding hydrogens is 360 g/mol. The Morgan fingerprint density at radius 3 is 2.82 bits per heavy atom. The van der Waals surface area contributed by atoms with Crippen molar-refractivity contribution in [3.63, 3.8) is 0 Å². The summed E-state index contributed by atoms with van der Waals surface area (Å²) in [6, 6.07) is 7.81. The van der Waals surface area contributed by atoms with Crippen LogP contribution < -0.4 is 10.1 Å². The number of nitrogens with one attached hydrogen (secondary N) is 1. The number of benzene rings is 1. The van der Waals surface area contributed by atoms with Gasteiger partial charge in [-0.05, 0) is 24.6 Å². The van der Waals surface area contributed by atoms with Crippen LogP contribution in [0, 0.1) is 0 Å². The Kier molecular flexibility index (Phi) is 6.30. The molecule has 1 N–H and O–H groups in total. The molecule has 0 spiro atoms. The van der Waals surface area contributed by atoms with E-state index in [4.69, 9.17) is 9.47 Å². The van der Waals surface area contributed by atoms with E-state index >= 15 is 0 Å². The molecule has 0 unspecified atom stereocenters. The maximum atomic E-state index is 12.6. The molecule has 3 rings (SSSR count). The molecule has 1 aliphatic heterocycles. The summed E-state index contributed by atoms with van der Waals surface area (Å²) in [4.78, 5) is 26.2. The molecule has 150 valence electrons. The van der Waals surface area contributed by atoms with Gasteiger partial charge in [-0.25, -0.2) is 0 Å².